The van der Waals surface area contributed by atoms with E-state index in [9.17, 15) is 8.42 Å². The molecule has 0 unspecified atom stereocenters. The first-order valence-electron chi connectivity index (χ1n) is 6.88. The summed E-state index contributed by atoms with van der Waals surface area (Å²) in [6.45, 7) is 0.451. The number of rotatable bonds is 5. The third kappa shape index (κ3) is 3.13. The molecule has 1 aliphatic carbocycles. The molecule has 2 rings (SSSR count). The fraction of sp³-hybridized carbons (Fsp3) is 0.571. The largest absolute Gasteiger partial charge is 0.399 e. The van der Waals surface area contributed by atoms with E-state index in [-0.39, 0.29) is 10.4 Å². The van der Waals surface area contributed by atoms with Crippen LogP contribution in [0.25, 0.3) is 0 Å². The molecule has 1 fully saturated rings. The Morgan fingerprint density at radius 2 is 1.75 bits per heavy atom. The molecule has 5 nitrogen and oxygen atoms in total. The highest BCUT2D eigenvalue weighted by atomic mass is 32.2. The fourth-order valence-corrected chi connectivity index (χ4v) is 3.89. The average Bonchev–Trinajstić information content (AvgIpc) is 2.87. The van der Waals surface area contributed by atoms with Crippen LogP contribution in [0.3, 0.4) is 0 Å². The van der Waals surface area contributed by atoms with Gasteiger partial charge in [0.25, 0.3) is 0 Å². The van der Waals surface area contributed by atoms with Gasteiger partial charge in [-0.15, -0.1) is 0 Å². The normalized spacial score (nSPS) is 18.6. The summed E-state index contributed by atoms with van der Waals surface area (Å²) < 4.78 is 27.3. The molecule has 0 saturated heterocycles. The SMILES string of the molecule is CN(C)C1(CNS(=O)(=O)c2ccc(N)cc2)CCCC1. The van der Waals surface area contributed by atoms with Crippen LogP contribution in [0, 0.1) is 0 Å². The number of hydrogen-bond donors (Lipinski definition) is 2. The van der Waals surface area contributed by atoms with Gasteiger partial charge in [-0.1, -0.05) is 12.8 Å². The molecule has 0 atom stereocenters. The van der Waals surface area contributed by atoms with Gasteiger partial charge < -0.3 is 10.6 Å². The van der Waals surface area contributed by atoms with Crippen LogP contribution in [-0.2, 0) is 10.0 Å². The van der Waals surface area contributed by atoms with Gasteiger partial charge in [0.2, 0.25) is 10.0 Å². The number of sulfonamides is 1. The number of nitrogens with zero attached hydrogens (tertiary/aromatic N) is 1. The van der Waals surface area contributed by atoms with Crippen LogP contribution >= 0.6 is 0 Å². The molecule has 1 aromatic rings. The molecule has 0 bridgehead atoms. The number of nitrogens with one attached hydrogen (secondary N) is 1. The van der Waals surface area contributed by atoms with E-state index in [1.807, 2.05) is 14.1 Å². The predicted molar refractivity (Wildman–Crippen MR) is 80.9 cm³/mol. The van der Waals surface area contributed by atoms with Gasteiger partial charge in [0, 0.05) is 17.8 Å². The van der Waals surface area contributed by atoms with Crippen LogP contribution < -0.4 is 10.5 Å². The summed E-state index contributed by atoms with van der Waals surface area (Å²) in [5.74, 6) is 0. The van der Waals surface area contributed by atoms with Crippen molar-refractivity contribution in [3.05, 3.63) is 24.3 Å². The van der Waals surface area contributed by atoms with Crippen molar-refractivity contribution in [3.63, 3.8) is 0 Å². The third-order valence-corrected chi connectivity index (χ3v) is 5.68. The maximum absolute atomic E-state index is 12.3. The first-order valence-corrected chi connectivity index (χ1v) is 8.37. The zero-order chi connectivity index (χ0) is 14.8. The molecule has 0 spiro atoms. The fourth-order valence-electron chi connectivity index (χ4n) is 2.77. The van der Waals surface area contributed by atoms with Crippen LogP contribution in [0.2, 0.25) is 0 Å². The Hall–Kier alpha value is -1.11. The lowest BCUT2D eigenvalue weighted by molar-refractivity contribution is 0.162. The number of benzene rings is 1. The van der Waals surface area contributed by atoms with Crippen LogP contribution in [0.5, 0.6) is 0 Å². The highest BCUT2D eigenvalue weighted by Gasteiger charge is 2.36. The average molecular weight is 297 g/mol. The minimum absolute atomic E-state index is 0.0547. The van der Waals surface area contributed by atoms with E-state index in [2.05, 4.69) is 9.62 Å². The van der Waals surface area contributed by atoms with Crippen molar-refractivity contribution in [2.75, 3.05) is 26.4 Å². The van der Waals surface area contributed by atoms with Crippen LogP contribution in [0.15, 0.2) is 29.2 Å². The van der Waals surface area contributed by atoms with E-state index in [0.717, 1.165) is 25.7 Å². The second-order valence-corrected chi connectivity index (χ2v) is 7.49. The summed E-state index contributed by atoms with van der Waals surface area (Å²) in [4.78, 5) is 2.41. The number of nitrogens with two attached hydrogens (primary N) is 1. The van der Waals surface area contributed by atoms with E-state index in [1.54, 1.807) is 12.1 Å². The Labute approximate surface area is 121 Å². The van der Waals surface area contributed by atoms with Crippen LogP contribution in [0.4, 0.5) is 5.69 Å². The molecule has 6 heteroatoms. The highest BCUT2D eigenvalue weighted by molar-refractivity contribution is 7.89. The van der Waals surface area contributed by atoms with Gasteiger partial charge in [-0.2, -0.15) is 0 Å². The van der Waals surface area contributed by atoms with E-state index in [0.29, 0.717) is 12.2 Å². The highest BCUT2D eigenvalue weighted by Crippen LogP contribution is 2.33. The Morgan fingerprint density at radius 1 is 1.20 bits per heavy atom. The number of anilines is 1. The molecular formula is C14H23N3O2S. The van der Waals surface area contributed by atoms with Crippen molar-refractivity contribution in [1.29, 1.82) is 0 Å². The summed E-state index contributed by atoms with van der Waals surface area (Å²) in [7, 11) is 0.565. The smallest absolute Gasteiger partial charge is 0.240 e. The Morgan fingerprint density at radius 3 is 2.25 bits per heavy atom. The van der Waals surface area contributed by atoms with Gasteiger partial charge in [-0.3, -0.25) is 0 Å². The van der Waals surface area contributed by atoms with Gasteiger partial charge in [0.15, 0.2) is 0 Å². The molecular weight excluding hydrogens is 274 g/mol. The molecule has 1 aliphatic rings. The molecule has 3 N–H and O–H groups in total. The maximum Gasteiger partial charge on any atom is 0.240 e. The van der Waals surface area contributed by atoms with E-state index in [4.69, 9.17) is 5.73 Å². The predicted octanol–water partition coefficient (Wildman–Crippen LogP) is 1.42. The van der Waals surface area contributed by atoms with Crippen molar-refractivity contribution in [3.8, 4) is 0 Å². The van der Waals surface area contributed by atoms with Crippen LogP contribution in [-0.4, -0.2) is 39.5 Å². The Balaban J connectivity index is 2.11. The van der Waals surface area contributed by atoms with E-state index in [1.165, 1.54) is 12.1 Å². The van der Waals surface area contributed by atoms with Gasteiger partial charge >= 0.3 is 0 Å². The summed E-state index contributed by atoms with van der Waals surface area (Å²) in [6, 6.07) is 6.28. The summed E-state index contributed by atoms with van der Waals surface area (Å²) in [6.07, 6.45) is 4.37. The molecule has 1 saturated carbocycles. The Bertz CT molecular complexity index is 546. The molecule has 0 amide bonds. The van der Waals surface area contributed by atoms with Crippen molar-refractivity contribution in [1.82, 2.24) is 9.62 Å². The van der Waals surface area contributed by atoms with Crippen molar-refractivity contribution < 1.29 is 8.42 Å². The van der Waals surface area contributed by atoms with E-state index >= 15 is 0 Å². The second-order valence-electron chi connectivity index (χ2n) is 5.72. The molecule has 0 radical (unpaired) electrons. The topological polar surface area (TPSA) is 75.4 Å². The molecule has 20 heavy (non-hydrogen) atoms. The number of likely N-dealkylation sites (N-methyl/N-ethyl adjacent to an activating group) is 1. The van der Waals surface area contributed by atoms with Crippen LogP contribution in [0.1, 0.15) is 25.7 Å². The lowest BCUT2D eigenvalue weighted by Crippen LogP contribution is -2.50. The number of hydrogen-bond acceptors (Lipinski definition) is 4. The maximum atomic E-state index is 12.3. The molecule has 112 valence electrons. The lowest BCUT2D eigenvalue weighted by Gasteiger charge is -2.36. The summed E-state index contributed by atoms with van der Waals surface area (Å²) >= 11 is 0. The Kier molecular flexibility index (Phi) is 4.36. The van der Waals surface area contributed by atoms with Crippen molar-refractivity contribution >= 4 is 15.7 Å². The van der Waals surface area contributed by atoms with Gasteiger partial charge in [-0.05, 0) is 51.2 Å². The monoisotopic (exact) mass is 297 g/mol. The standard InChI is InChI=1S/C14H23N3O2S/c1-17(2)14(9-3-4-10-14)11-16-20(18,19)13-7-5-12(15)6-8-13/h5-8,16H,3-4,9-11,15H2,1-2H3. The van der Waals surface area contributed by atoms with Crippen molar-refractivity contribution in [2.24, 2.45) is 0 Å². The molecule has 0 aliphatic heterocycles. The first-order chi connectivity index (χ1) is 9.36. The third-order valence-electron chi connectivity index (χ3n) is 4.26. The summed E-state index contributed by atoms with van der Waals surface area (Å²) in [5, 5.41) is 0. The molecule has 0 aromatic heterocycles. The quantitative estimate of drug-likeness (QED) is 0.806. The molecule has 0 heterocycles. The van der Waals surface area contributed by atoms with Gasteiger partial charge in [0.05, 0.1) is 4.90 Å². The lowest BCUT2D eigenvalue weighted by atomic mass is 9.97. The first kappa shape index (κ1) is 15.3. The van der Waals surface area contributed by atoms with Gasteiger partial charge in [0.1, 0.15) is 0 Å². The van der Waals surface area contributed by atoms with Crippen molar-refractivity contribution in [2.45, 2.75) is 36.1 Å². The summed E-state index contributed by atoms with van der Waals surface area (Å²) in [5.41, 5.74) is 6.09. The second kappa shape index (κ2) is 5.71. The number of nitrogen functional groups attached to an aromatic ring is 1. The minimum atomic E-state index is -3.47. The minimum Gasteiger partial charge on any atom is -0.399 e. The van der Waals surface area contributed by atoms with E-state index < -0.39 is 10.0 Å². The molecule has 1 aromatic carbocycles. The van der Waals surface area contributed by atoms with Gasteiger partial charge in [-0.25, -0.2) is 13.1 Å². The zero-order valence-corrected chi connectivity index (χ0v) is 12.9. The zero-order valence-electron chi connectivity index (χ0n) is 12.1.